The van der Waals surface area contributed by atoms with Gasteiger partial charge in [-0.25, -0.2) is 4.79 Å². The van der Waals surface area contributed by atoms with Crippen molar-refractivity contribution in [2.75, 3.05) is 0 Å². The quantitative estimate of drug-likeness (QED) is 0.728. The number of hydrogen-bond acceptors (Lipinski definition) is 3. The molecule has 1 aromatic carbocycles. The van der Waals surface area contributed by atoms with Crippen LogP contribution in [0.1, 0.15) is 63.0 Å². The summed E-state index contributed by atoms with van der Waals surface area (Å²) in [6, 6.07) is 1.35. The highest BCUT2D eigenvalue weighted by Gasteiger charge is 2.32. The number of benzene rings is 1. The van der Waals surface area contributed by atoms with Gasteiger partial charge in [0.1, 0.15) is 17.1 Å². The van der Waals surface area contributed by atoms with Crippen molar-refractivity contribution >= 4 is 5.97 Å². The largest absolute Gasteiger partial charge is 0.507 e. The molecule has 1 aromatic rings. The smallest absolute Gasteiger partial charge is 0.339 e. The number of rotatable bonds is 1. The van der Waals surface area contributed by atoms with Crippen molar-refractivity contribution in [3.05, 3.63) is 22.8 Å². The first-order valence-corrected chi connectivity index (χ1v) is 6.20. The maximum Gasteiger partial charge on any atom is 0.339 e. The number of aromatic carboxylic acids is 1. The molecule has 0 radical (unpaired) electrons. The van der Waals surface area contributed by atoms with Crippen molar-refractivity contribution in [3.63, 3.8) is 0 Å². The highest BCUT2D eigenvalue weighted by molar-refractivity contribution is 5.92. The summed E-state index contributed by atoms with van der Waals surface area (Å²) < 4.78 is 0. The molecule has 0 unspecified atom stereocenters. The van der Waals surface area contributed by atoms with E-state index >= 15 is 0 Å². The monoisotopic (exact) mass is 266 g/mol. The van der Waals surface area contributed by atoms with Gasteiger partial charge in [-0.05, 0) is 16.9 Å². The van der Waals surface area contributed by atoms with Gasteiger partial charge in [0.15, 0.2) is 0 Å². The summed E-state index contributed by atoms with van der Waals surface area (Å²) in [5.41, 5.74) is -0.348. The van der Waals surface area contributed by atoms with Crippen molar-refractivity contribution < 1.29 is 20.1 Å². The minimum Gasteiger partial charge on any atom is -0.507 e. The van der Waals surface area contributed by atoms with Gasteiger partial charge in [0.25, 0.3) is 0 Å². The van der Waals surface area contributed by atoms with Crippen LogP contribution in [0.15, 0.2) is 6.07 Å². The predicted molar refractivity (Wildman–Crippen MR) is 74.1 cm³/mol. The Morgan fingerprint density at radius 1 is 0.947 bits per heavy atom. The van der Waals surface area contributed by atoms with E-state index < -0.39 is 16.8 Å². The van der Waals surface area contributed by atoms with Crippen LogP contribution in [0.4, 0.5) is 0 Å². The average molecular weight is 266 g/mol. The lowest BCUT2D eigenvalue weighted by molar-refractivity contribution is 0.0693. The first-order chi connectivity index (χ1) is 8.37. The highest BCUT2D eigenvalue weighted by Crippen LogP contribution is 2.45. The lowest BCUT2D eigenvalue weighted by atomic mass is 9.77. The third-order valence-corrected chi connectivity index (χ3v) is 3.06. The third kappa shape index (κ3) is 2.83. The van der Waals surface area contributed by atoms with Crippen molar-refractivity contribution in [3.8, 4) is 11.5 Å². The van der Waals surface area contributed by atoms with Crippen LogP contribution in [0, 0.1) is 0 Å². The van der Waals surface area contributed by atoms with Gasteiger partial charge in [0.2, 0.25) is 0 Å². The molecule has 4 heteroatoms. The zero-order valence-corrected chi connectivity index (χ0v) is 12.3. The zero-order valence-electron chi connectivity index (χ0n) is 12.3. The summed E-state index contributed by atoms with van der Waals surface area (Å²) in [6.07, 6.45) is 0. The Morgan fingerprint density at radius 3 is 1.74 bits per heavy atom. The summed E-state index contributed by atoms with van der Waals surface area (Å²) in [5, 5.41) is 29.7. The number of carboxylic acids is 1. The van der Waals surface area contributed by atoms with Crippen LogP contribution in [-0.2, 0) is 10.8 Å². The average Bonchev–Trinajstić information content (AvgIpc) is 2.12. The van der Waals surface area contributed by atoms with Crippen LogP contribution in [0.3, 0.4) is 0 Å². The van der Waals surface area contributed by atoms with E-state index in [-0.39, 0.29) is 22.6 Å². The molecule has 3 N–H and O–H groups in total. The Morgan fingerprint density at radius 2 is 1.42 bits per heavy atom. The standard InChI is InChI=1S/C15H22O4/c1-14(2,3)9-7-8(13(18)19)11(16)10(12(9)17)15(4,5)6/h7,16-17H,1-6H3,(H,18,19). The molecular weight excluding hydrogens is 244 g/mol. The summed E-state index contributed by atoms with van der Waals surface area (Å²) >= 11 is 0. The molecule has 0 aliphatic heterocycles. The Balaban J connectivity index is 3.82. The van der Waals surface area contributed by atoms with E-state index in [2.05, 4.69) is 0 Å². The van der Waals surface area contributed by atoms with E-state index in [1.807, 2.05) is 41.5 Å². The van der Waals surface area contributed by atoms with Crippen LogP contribution in [0.25, 0.3) is 0 Å². The second kappa shape index (κ2) is 4.44. The normalized spacial score (nSPS) is 12.5. The Kier molecular flexibility index (Phi) is 3.59. The predicted octanol–water partition coefficient (Wildman–Crippen LogP) is 3.39. The number of carboxylic acid groups (broad SMARTS) is 1. The molecule has 4 nitrogen and oxygen atoms in total. The molecule has 106 valence electrons. The molecule has 0 aliphatic carbocycles. The number of carbonyl (C=O) groups is 1. The highest BCUT2D eigenvalue weighted by atomic mass is 16.4. The zero-order chi connectivity index (χ0) is 15.2. The molecule has 0 spiro atoms. The molecule has 1 rings (SSSR count). The molecule has 0 saturated heterocycles. The molecule has 0 aliphatic rings. The maximum absolute atomic E-state index is 11.2. The van der Waals surface area contributed by atoms with Crippen LogP contribution in [-0.4, -0.2) is 21.3 Å². The first kappa shape index (κ1) is 15.3. The second-order valence-electron chi connectivity index (χ2n) is 6.85. The minimum absolute atomic E-state index is 0.0255. The number of phenolic OH excluding ortho intramolecular Hbond substituents is 1. The van der Waals surface area contributed by atoms with E-state index in [0.29, 0.717) is 5.56 Å². The van der Waals surface area contributed by atoms with Gasteiger partial charge in [-0.1, -0.05) is 41.5 Å². The molecule has 0 heterocycles. The van der Waals surface area contributed by atoms with E-state index in [9.17, 15) is 20.1 Å². The summed E-state index contributed by atoms with van der Waals surface area (Å²) in [7, 11) is 0. The van der Waals surface area contributed by atoms with Gasteiger partial charge >= 0.3 is 5.97 Å². The fourth-order valence-electron chi connectivity index (χ4n) is 2.11. The van der Waals surface area contributed by atoms with Crippen LogP contribution >= 0.6 is 0 Å². The van der Waals surface area contributed by atoms with Gasteiger partial charge < -0.3 is 15.3 Å². The molecule has 0 atom stereocenters. The van der Waals surface area contributed by atoms with Gasteiger partial charge in [-0.15, -0.1) is 0 Å². The molecule has 19 heavy (non-hydrogen) atoms. The molecule has 0 aromatic heterocycles. The van der Waals surface area contributed by atoms with Crippen molar-refractivity contribution in [2.45, 2.75) is 52.4 Å². The third-order valence-electron chi connectivity index (χ3n) is 3.06. The summed E-state index contributed by atoms with van der Waals surface area (Å²) in [6.45, 7) is 11.1. The summed E-state index contributed by atoms with van der Waals surface area (Å²) in [5.74, 6) is -1.58. The lowest BCUT2D eigenvalue weighted by Crippen LogP contribution is -2.19. The molecule has 0 bridgehead atoms. The van der Waals surface area contributed by atoms with Gasteiger partial charge in [0, 0.05) is 11.1 Å². The number of aromatic hydroxyl groups is 2. The molecule has 0 saturated carbocycles. The van der Waals surface area contributed by atoms with E-state index in [4.69, 9.17) is 0 Å². The minimum atomic E-state index is -1.20. The summed E-state index contributed by atoms with van der Waals surface area (Å²) in [4.78, 5) is 11.2. The molecule has 0 amide bonds. The van der Waals surface area contributed by atoms with Crippen molar-refractivity contribution in [1.82, 2.24) is 0 Å². The Hall–Kier alpha value is -1.71. The fourth-order valence-corrected chi connectivity index (χ4v) is 2.11. The van der Waals surface area contributed by atoms with Crippen LogP contribution < -0.4 is 0 Å². The Bertz CT molecular complexity index is 516. The SMILES string of the molecule is CC(C)(C)c1cc(C(=O)O)c(O)c(C(C)(C)C)c1O. The van der Waals surface area contributed by atoms with Crippen LogP contribution in [0.5, 0.6) is 11.5 Å². The van der Waals surface area contributed by atoms with E-state index in [1.165, 1.54) is 6.07 Å². The molecule has 0 fully saturated rings. The number of hydrogen-bond donors (Lipinski definition) is 3. The van der Waals surface area contributed by atoms with Crippen molar-refractivity contribution in [2.24, 2.45) is 0 Å². The van der Waals surface area contributed by atoms with Gasteiger partial charge in [0.05, 0.1) is 0 Å². The lowest BCUT2D eigenvalue weighted by Gasteiger charge is -2.28. The first-order valence-electron chi connectivity index (χ1n) is 6.20. The van der Waals surface area contributed by atoms with E-state index in [1.54, 1.807) is 0 Å². The van der Waals surface area contributed by atoms with Gasteiger partial charge in [-0.3, -0.25) is 0 Å². The van der Waals surface area contributed by atoms with Crippen LogP contribution in [0.2, 0.25) is 0 Å². The van der Waals surface area contributed by atoms with Crippen molar-refractivity contribution in [1.29, 1.82) is 0 Å². The second-order valence-corrected chi connectivity index (χ2v) is 6.85. The van der Waals surface area contributed by atoms with E-state index in [0.717, 1.165) is 0 Å². The maximum atomic E-state index is 11.2. The number of phenols is 2. The fraction of sp³-hybridized carbons (Fsp3) is 0.533. The Labute approximate surface area is 113 Å². The molecular formula is C15H22O4. The van der Waals surface area contributed by atoms with Gasteiger partial charge in [-0.2, -0.15) is 0 Å². The topological polar surface area (TPSA) is 77.8 Å².